The molecule has 0 aliphatic carbocycles. The normalized spacial score (nSPS) is 16.9. The van der Waals surface area contributed by atoms with Crippen LogP contribution in [0.15, 0.2) is 61.1 Å². The number of nitrogens with zero attached hydrogens (tertiary/aromatic N) is 4. The highest BCUT2D eigenvalue weighted by Crippen LogP contribution is 2.33. The van der Waals surface area contributed by atoms with Gasteiger partial charge in [-0.15, -0.1) is 11.3 Å². The van der Waals surface area contributed by atoms with Crippen LogP contribution >= 0.6 is 11.3 Å². The molecule has 1 unspecified atom stereocenters. The molecule has 0 saturated carbocycles. The van der Waals surface area contributed by atoms with Gasteiger partial charge in [-0.1, -0.05) is 19.1 Å². The molecule has 1 aromatic carbocycles. The smallest absolute Gasteiger partial charge is 0.128 e. The third-order valence-electron chi connectivity index (χ3n) is 5.13. The van der Waals surface area contributed by atoms with Crippen molar-refractivity contribution in [2.24, 2.45) is 5.92 Å². The maximum atomic E-state index is 4.81. The van der Waals surface area contributed by atoms with Gasteiger partial charge in [0.05, 0.1) is 10.2 Å². The largest absolute Gasteiger partial charge is 0.356 e. The first kappa shape index (κ1) is 16.4. The first-order valence-corrected chi connectivity index (χ1v) is 10.1. The third kappa shape index (κ3) is 3.19. The molecule has 4 heterocycles. The second kappa shape index (κ2) is 6.74. The van der Waals surface area contributed by atoms with E-state index in [1.807, 2.05) is 18.5 Å². The van der Waals surface area contributed by atoms with Gasteiger partial charge in [0.2, 0.25) is 0 Å². The lowest BCUT2D eigenvalue weighted by Gasteiger charge is -2.16. The first-order valence-electron chi connectivity index (χ1n) is 9.28. The molecule has 5 rings (SSSR count). The summed E-state index contributed by atoms with van der Waals surface area (Å²) in [6.07, 6.45) is 6.90. The third-order valence-corrected chi connectivity index (χ3v) is 6.19. The van der Waals surface area contributed by atoms with Gasteiger partial charge in [-0.2, -0.15) is 0 Å². The predicted molar refractivity (Wildman–Crippen MR) is 112 cm³/mol. The number of hydrogen-bond donors (Lipinski definition) is 0. The Bertz CT molecular complexity index is 1070. The molecule has 27 heavy (non-hydrogen) atoms. The van der Waals surface area contributed by atoms with Crippen molar-refractivity contribution in [1.82, 2.24) is 15.0 Å². The van der Waals surface area contributed by atoms with Crippen molar-refractivity contribution in [3.05, 3.63) is 61.1 Å². The summed E-state index contributed by atoms with van der Waals surface area (Å²) in [5.41, 5.74) is 4.40. The number of hydrogen-bond acceptors (Lipinski definition) is 5. The second-order valence-corrected chi connectivity index (χ2v) is 8.22. The number of fused-ring (bicyclic) bond motifs is 1. The van der Waals surface area contributed by atoms with E-state index < -0.39 is 0 Å². The number of pyridine rings is 2. The summed E-state index contributed by atoms with van der Waals surface area (Å²) in [5.74, 6) is 1.83. The summed E-state index contributed by atoms with van der Waals surface area (Å²) in [4.78, 5) is 16.1. The van der Waals surface area contributed by atoms with Crippen LogP contribution in [0.4, 0.5) is 5.82 Å². The lowest BCUT2D eigenvalue weighted by molar-refractivity contribution is 0.659. The lowest BCUT2D eigenvalue weighted by atomic mass is 10.1. The molecule has 1 aliphatic heterocycles. The summed E-state index contributed by atoms with van der Waals surface area (Å²) in [5, 5.41) is 1.02. The van der Waals surface area contributed by atoms with Crippen molar-refractivity contribution in [1.29, 1.82) is 0 Å². The average molecular weight is 372 g/mol. The van der Waals surface area contributed by atoms with Gasteiger partial charge in [-0.25, -0.2) is 9.97 Å². The number of thiazole rings is 1. The highest BCUT2D eigenvalue weighted by molar-refractivity contribution is 7.21. The molecule has 1 atom stereocenters. The quantitative estimate of drug-likeness (QED) is 0.491. The topological polar surface area (TPSA) is 41.9 Å². The zero-order valence-electron chi connectivity index (χ0n) is 15.2. The molecule has 4 nitrogen and oxygen atoms in total. The number of anilines is 1. The van der Waals surface area contributed by atoms with Crippen molar-refractivity contribution in [2.75, 3.05) is 18.0 Å². The van der Waals surface area contributed by atoms with Gasteiger partial charge in [0.1, 0.15) is 10.8 Å². The molecule has 134 valence electrons. The summed E-state index contributed by atoms with van der Waals surface area (Å²) in [6, 6.07) is 14.7. The standard InChI is InChI=1S/C22H20N4S/c1-15-8-10-26(14-15)21-7-5-18(13-24-21)22-25-19-6-4-16(11-20(19)27-22)17-3-2-9-23-12-17/h2-7,9,11-13,15H,8,10,14H2,1H3. The van der Waals surface area contributed by atoms with Crippen LogP contribution in [0.5, 0.6) is 0 Å². The maximum Gasteiger partial charge on any atom is 0.128 e. The fourth-order valence-electron chi connectivity index (χ4n) is 3.60. The van der Waals surface area contributed by atoms with E-state index in [0.717, 1.165) is 46.5 Å². The van der Waals surface area contributed by atoms with Crippen LogP contribution in [0.1, 0.15) is 13.3 Å². The fourth-order valence-corrected chi connectivity index (χ4v) is 4.60. The van der Waals surface area contributed by atoms with E-state index in [9.17, 15) is 0 Å². The molecule has 1 fully saturated rings. The highest BCUT2D eigenvalue weighted by atomic mass is 32.1. The van der Waals surface area contributed by atoms with E-state index >= 15 is 0 Å². The number of aromatic nitrogens is 3. The molecule has 1 aliphatic rings. The summed E-state index contributed by atoms with van der Waals surface area (Å²) in [6.45, 7) is 4.51. The zero-order chi connectivity index (χ0) is 18.2. The summed E-state index contributed by atoms with van der Waals surface area (Å²) >= 11 is 1.71. The molecule has 0 spiro atoms. The molecule has 0 amide bonds. The Hall–Kier alpha value is -2.79. The van der Waals surface area contributed by atoms with Crippen LogP contribution < -0.4 is 4.90 Å². The first-order chi connectivity index (χ1) is 13.3. The minimum Gasteiger partial charge on any atom is -0.356 e. The molecule has 1 saturated heterocycles. The number of rotatable bonds is 3. The van der Waals surface area contributed by atoms with Gasteiger partial charge in [0.25, 0.3) is 0 Å². The van der Waals surface area contributed by atoms with E-state index in [1.54, 1.807) is 17.5 Å². The Morgan fingerprint density at radius 3 is 2.70 bits per heavy atom. The fraction of sp³-hybridized carbons (Fsp3) is 0.227. The van der Waals surface area contributed by atoms with E-state index in [0.29, 0.717) is 0 Å². The Balaban J connectivity index is 1.45. The second-order valence-electron chi connectivity index (χ2n) is 7.19. The van der Waals surface area contributed by atoms with Gasteiger partial charge in [-0.3, -0.25) is 4.98 Å². The molecular weight excluding hydrogens is 352 g/mol. The van der Waals surface area contributed by atoms with Crippen molar-refractivity contribution < 1.29 is 0 Å². The molecular formula is C22H20N4S. The molecule has 4 aromatic rings. The molecule has 5 heteroatoms. The molecule has 0 N–H and O–H groups in total. The van der Waals surface area contributed by atoms with E-state index in [2.05, 4.69) is 53.2 Å². The summed E-state index contributed by atoms with van der Waals surface area (Å²) in [7, 11) is 0. The van der Waals surface area contributed by atoms with Gasteiger partial charge in [-0.05, 0) is 48.2 Å². The van der Waals surface area contributed by atoms with Gasteiger partial charge in [0.15, 0.2) is 0 Å². The van der Waals surface area contributed by atoms with Gasteiger partial charge < -0.3 is 4.90 Å². The van der Waals surface area contributed by atoms with Crippen LogP contribution in [-0.2, 0) is 0 Å². The molecule has 0 bridgehead atoms. The Labute approximate surface area is 162 Å². The van der Waals surface area contributed by atoms with Crippen LogP contribution in [0.3, 0.4) is 0 Å². The maximum absolute atomic E-state index is 4.81. The SMILES string of the molecule is CC1CCN(c2ccc(-c3nc4ccc(-c5cccnc5)cc4s3)cn2)C1. The lowest BCUT2D eigenvalue weighted by Crippen LogP contribution is -2.19. The van der Waals surface area contributed by atoms with Crippen molar-refractivity contribution in [3.8, 4) is 21.7 Å². The van der Waals surface area contributed by atoms with Crippen LogP contribution in [0, 0.1) is 5.92 Å². The summed E-state index contributed by atoms with van der Waals surface area (Å²) < 4.78 is 1.18. The Kier molecular flexibility index (Phi) is 4.09. The van der Waals surface area contributed by atoms with Gasteiger partial charge >= 0.3 is 0 Å². The molecule has 0 radical (unpaired) electrons. The average Bonchev–Trinajstić information content (AvgIpc) is 3.34. The predicted octanol–water partition coefficient (Wildman–Crippen LogP) is 5.27. The minimum atomic E-state index is 0.754. The van der Waals surface area contributed by atoms with Crippen LogP contribution in [0.25, 0.3) is 31.9 Å². The van der Waals surface area contributed by atoms with Crippen molar-refractivity contribution in [2.45, 2.75) is 13.3 Å². The van der Waals surface area contributed by atoms with Crippen molar-refractivity contribution in [3.63, 3.8) is 0 Å². The number of benzene rings is 1. The zero-order valence-corrected chi connectivity index (χ0v) is 16.0. The Morgan fingerprint density at radius 2 is 1.96 bits per heavy atom. The monoisotopic (exact) mass is 372 g/mol. The van der Waals surface area contributed by atoms with Gasteiger partial charge in [0, 0.05) is 42.8 Å². The van der Waals surface area contributed by atoms with E-state index in [4.69, 9.17) is 9.97 Å². The van der Waals surface area contributed by atoms with Crippen LogP contribution in [-0.4, -0.2) is 28.0 Å². The Morgan fingerprint density at radius 1 is 1.04 bits per heavy atom. The highest BCUT2D eigenvalue weighted by Gasteiger charge is 2.19. The minimum absolute atomic E-state index is 0.754. The van der Waals surface area contributed by atoms with E-state index in [-0.39, 0.29) is 0 Å². The van der Waals surface area contributed by atoms with Crippen molar-refractivity contribution >= 4 is 27.4 Å². The van der Waals surface area contributed by atoms with Crippen LogP contribution in [0.2, 0.25) is 0 Å². The van der Waals surface area contributed by atoms with E-state index in [1.165, 1.54) is 16.7 Å². The molecule has 3 aromatic heterocycles.